The summed E-state index contributed by atoms with van der Waals surface area (Å²) >= 11 is 0. The summed E-state index contributed by atoms with van der Waals surface area (Å²) in [5.41, 5.74) is 5.31. The zero-order chi connectivity index (χ0) is 10.1. The van der Waals surface area contributed by atoms with Gasteiger partial charge in [-0.25, -0.2) is 0 Å². The highest BCUT2D eigenvalue weighted by molar-refractivity contribution is 7.39. The minimum Gasteiger partial charge on any atom is -0.396 e. The summed E-state index contributed by atoms with van der Waals surface area (Å²) in [5.74, 6) is -0.0177. The van der Waals surface area contributed by atoms with Gasteiger partial charge >= 0.3 is 8.60 Å². The standard InChI is InChI=1S/C7H18NO4P/c8-4-2-1-3-7(5-9)6-12-13(10)11/h7,9-11H,1-6,8H2. The van der Waals surface area contributed by atoms with E-state index in [2.05, 4.69) is 4.52 Å². The molecule has 1 atom stereocenters. The maximum atomic E-state index is 8.87. The Balaban J connectivity index is 3.39. The smallest absolute Gasteiger partial charge is 0.327 e. The number of unbranched alkanes of at least 4 members (excludes halogenated alkanes) is 1. The van der Waals surface area contributed by atoms with Gasteiger partial charge in [-0.05, 0) is 19.4 Å². The van der Waals surface area contributed by atoms with Crippen molar-refractivity contribution in [1.29, 1.82) is 0 Å². The van der Waals surface area contributed by atoms with Crippen LogP contribution in [0.2, 0.25) is 0 Å². The van der Waals surface area contributed by atoms with Gasteiger partial charge in [0.1, 0.15) is 0 Å². The molecule has 6 heteroatoms. The lowest BCUT2D eigenvalue weighted by Crippen LogP contribution is -2.13. The van der Waals surface area contributed by atoms with Gasteiger partial charge in [-0.2, -0.15) is 0 Å². The zero-order valence-corrected chi connectivity index (χ0v) is 8.49. The molecule has 0 aromatic carbocycles. The van der Waals surface area contributed by atoms with E-state index in [1.165, 1.54) is 0 Å². The number of aliphatic hydroxyl groups is 1. The van der Waals surface area contributed by atoms with Crippen LogP contribution in [0.5, 0.6) is 0 Å². The van der Waals surface area contributed by atoms with Crippen molar-refractivity contribution >= 4 is 8.60 Å². The summed E-state index contributed by atoms with van der Waals surface area (Å²) in [6.45, 7) is 0.846. The molecule has 1 unspecified atom stereocenters. The van der Waals surface area contributed by atoms with E-state index in [1.54, 1.807) is 0 Å². The number of aliphatic hydroxyl groups excluding tert-OH is 1. The second-order valence-corrected chi connectivity index (χ2v) is 3.65. The molecule has 0 spiro atoms. The number of hydrogen-bond donors (Lipinski definition) is 4. The van der Waals surface area contributed by atoms with Crippen molar-refractivity contribution in [2.75, 3.05) is 19.8 Å². The van der Waals surface area contributed by atoms with E-state index < -0.39 is 8.60 Å². The summed E-state index contributed by atoms with van der Waals surface area (Å²) in [6.07, 6.45) is 2.65. The Kier molecular flexibility index (Phi) is 8.97. The number of hydrogen-bond acceptors (Lipinski definition) is 5. The Labute approximate surface area is 79.5 Å². The molecular formula is C7H18NO4P. The van der Waals surface area contributed by atoms with Crippen molar-refractivity contribution in [3.8, 4) is 0 Å². The molecule has 0 saturated carbocycles. The third-order valence-electron chi connectivity index (χ3n) is 1.75. The van der Waals surface area contributed by atoms with Crippen LogP contribution in [0.25, 0.3) is 0 Å². The fourth-order valence-electron chi connectivity index (χ4n) is 0.977. The van der Waals surface area contributed by atoms with Gasteiger partial charge in [-0.3, -0.25) is 0 Å². The van der Waals surface area contributed by atoms with Gasteiger partial charge in [0.15, 0.2) is 0 Å². The monoisotopic (exact) mass is 211 g/mol. The van der Waals surface area contributed by atoms with Crippen molar-refractivity contribution in [2.24, 2.45) is 11.7 Å². The molecule has 0 bridgehead atoms. The van der Waals surface area contributed by atoms with Crippen molar-refractivity contribution in [2.45, 2.75) is 19.3 Å². The molecule has 0 aliphatic heterocycles. The lowest BCUT2D eigenvalue weighted by Gasteiger charge is -2.13. The van der Waals surface area contributed by atoms with Crippen LogP contribution < -0.4 is 5.73 Å². The summed E-state index contributed by atoms with van der Waals surface area (Å²) in [6, 6.07) is 0. The molecule has 0 saturated heterocycles. The highest BCUT2D eigenvalue weighted by atomic mass is 31.2. The highest BCUT2D eigenvalue weighted by Gasteiger charge is 2.09. The SMILES string of the molecule is NCCCCC(CO)COP(O)O. The summed E-state index contributed by atoms with van der Waals surface area (Å²) in [4.78, 5) is 16.9. The normalized spacial score (nSPS) is 13.6. The molecule has 0 fully saturated rings. The molecule has 0 radical (unpaired) electrons. The van der Waals surface area contributed by atoms with Gasteiger partial charge in [-0.1, -0.05) is 6.42 Å². The highest BCUT2D eigenvalue weighted by Crippen LogP contribution is 2.26. The van der Waals surface area contributed by atoms with E-state index in [0.717, 1.165) is 19.3 Å². The number of nitrogens with two attached hydrogens (primary N) is 1. The van der Waals surface area contributed by atoms with Crippen molar-refractivity contribution in [3.05, 3.63) is 0 Å². The Morgan fingerprint density at radius 1 is 1.31 bits per heavy atom. The first-order valence-electron chi connectivity index (χ1n) is 4.32. The van der Waals surface area contributed by atoms with Crippen LogP contribution in [0.4, 0.5) is 0 Å². The summed E-state index contributed by atoms with van der Waals surface area (Å²) in [5, 5.41) is 8.87. The topological polar surface area (TPSA) is 95.9 Å². The minimum absolute atomic E-state index is 0.00768. The molecule has 0 aliphatic rings. The molecule has 80 valence electrons. The predicted molar refractivity (Wildman–Crippen MR) is 50.8 cm³/mol. The molecule has 0 aromatic rings. The van der Waals surface area contributed by atoms with Crippen LogP contribution in [-0.2, 0) is 4.52 Å². The molecule has 5 nitrogen and oxygen atoms in total. The molecule has 0 rings (SSSR count). The third-order valence-corrected chi connectivity index (χ3v) is 2.13. The zero-order valence-electron chi connectivity index (χ0n) is 7.59. The van der Waals surface area contributed by atoms with Gasteiger partial charge in [0.2, 0.25) is 0 Å². The molecule has 0 aromatic heterocycles. The molecule has 13 heavy (non-hydrogen) atoms. The third kappa shape index (κ3) is 8.56. The number of rotatable bonds is 8. The van der Waals surface area contributed by atoms with Gasteiger partial charge in [0.05, 0.1) is 6.61 Å². The average molecular weight is 211 g/mol. The maximum Gasteiger partial charge on any atom is 0.327 e. The van der Waals surface area contributed by atoms with E-state index in [9.17, 15) is 0 Å². The van der Waals surface area contributed by atoms with Crippen LogP contribution in [0.15, 0.2) is 0 Å². The van der Waals surface area contributed by atoms with Gasteiger partial charge < -0.3 is 25.2 Å². The first-order chi connectivity index (χ1) is 6.20. The van der Waals surface area contributed by atoms with Crippen LogP contribution in [-0.4, -0.2) is 34.7 Å². The van der Waals surface area contributed by atoms with Crippen molar-refractivity contribution in [1.82, 2.24) is 0 Å². The second-order valence-electron chi connectivity index (χ2n) is 2.88. The Morgan fingerprint density at radius 2 is 2.00 bits per heavy atom. The largest absolute Gasteiger partial charge is 0.396 e. The average Bonchev–Trinajstić information content (AvgIpc) is 2.10. The molecule has 0 aliphatic carbocycles. The first kappa shape index (κ1) is 13.2. The van der Waals surface area contributed by atoms with Crippen LogP contribution in [0, 0.1) is 5.92 Å². The maximum absolute atomic E-state index is 8.87. The van der Waals surface area contributed by atoms with E-state index in [4.69, 9.17) is 20.6 Å². The van der Waals surface area contributed by atoms with E-state index >= 15 is 0 Å². The fraction of sp³-hybridized carbons (Fsp3) is 1.00. The van der Waals surface area contributed by atoms with Gasteiger partial charge in [-0.15, -0.1) is 0 Å². The Hall–Kier alpha value is 0.230. The molecule has 0 amide bonds. The second kappa shape index (κ2) is 8.81. The molecular weight excluding hydrogens is 193 g/mol. The van der Waals surface area contributed by atoms with Crippen LogP contribution in [0.3, 0.4) is 0 Å². The Bertz CT molecular complexity index is 115. The fourth-order valence-corrected chi connectivity index (χ4v) is 1.32. The van der Waals surface area contributed by atoms with E-state index in [-0.39, 0.29) is 19.1 Å². The van der Waals surface area contributed by atoms with Crippen LogP contribution in [0.1, 0.15) is 19.3 Å². The van der Waals surface area contributed by atoms with E-state index in [0.29, 0.717) is 6.54 Å². The lowest BCUT2D eigenvalue weighted by molar-refractivity contribution is 0.142. The van der Waals surface area contributed by atoms with Crippen molar-refractivity contribution < 1.29 is 19.4 Å². The first-order valence-corrected chi connectivity index (χ1v) is 5.49. The lowest BCUT2D eigenvalue weighted by atomic mass is 10.0. The summed E-state index contributed by atoms with van der Waals surface area (Å²) < 4.78 is 4.61. The quantitative estimate of drug-likeness (QED) is 0.333. The minimum atomic E-state index is -2.29. The summed E-state index contributed by atoms with van der Waals surface area (Å²) in [7, 11) is -2.29. The van der Waals surface area contributed by atoms with Gasteiger partial charge in [0, 0.05) is 12.5 Å². The Morgan fingerprint density at radius 3 is 2.46 bits per heavy atom. The van der Waals surface area contributed by atoms with E-state index in [1.807, 2.05) is 0 Å². The van der Waals surface area contributed by atoms with Gasteiger partial charge in [0.25, 0.3) is 0 Å². The van der Waals surface area contributed by atoms with Crippen molar-refractivity contribution in [3.63, 3.8) is 0 Å². The molecule has 0 heterocycles. The van der Waals surface area contributed by atoms with Crippen LogP contribution >= 0.6 is 8.60 Å². The molecule has 5 N–H and O–H groups in total. The predicted octanol–water partition coefficient (Wildman–Crippen LogP) is -0.0480.